The highest BCUT2D eigenvalue weighted by Crippen LogP contribution is 2.48. The van der Waals surface area contributed by atoms with Gasteiger partial charge >= 0.3 is 11.9 Å². The van der Waals surface area contributed by atoms with E-state index >= 15 is 0 Å². The molecule has 0 aliphatic carbocycles. The van der Waals surface area contributed by atoms with Crippen molar-refractivity contribution < 1.29 is 33.3 Å². The van der Waals surface area contributed by atoms with Gasteiger partial charge in [-0.1, -0.05) is 17.7 Å². The first kappa shape index (κ1) is 25.5. The summed E-state index contributed by atoms with van der Waals surface area (Å²) >= 11 is 6.05. The van der Waals surface area contributed by atoms with Crippen LogP contribution in [0.1, 0.15) is 52.5 Å². The molecule has 8 nitrogen and oxygen atoms in total. The Bertz CT molecular complexity index is 1100. The molecule has 182 valence electrons. The van der Waals surface area contributed by atoms with E-state index < -0.39 is 11.9 Å². The standard InChI is InChI=1S/C25H28ClNO7/c1-14(28)22-20(31-4)12-21(32-5)23(18-9-10-27(3)19(18)13-33-15(2)29)24(22)34-25(30)16-7-6-8-17(26)11-16/h6-8,11-12,18-19H,9-10,13H2,1-5H3/t18-,19+/m1/s1. The topological polar surface area (TPSA) is 91.4 Å². The average Bonchev–Trinajstić information content (AvgIpc) is 3.16. The number of carbonyl (C=O) groups is 3. The quantitative estimate of drug-likeness (QED) is 0.310. The lowest BCUT2D eigenvalue weighted by Gasteiger charge is -2.28. The number of methoxy groups -OCH3 is 2. The molecular formula is C25H28ClNO7. The van der Waals surface area contributed by atoms with Crippen molar-refractivity contribution in [3.8, 4) is 17.2 Å². The number of ketones is 1. The molecule has 2 aromatic rings. The van der Waals surface area contributed by atoms with Crippen molar-refractivity contribution in [3.63, 3.8) is 0 Å². The summed E-state index contributed by atoms with van der Waals surface area (Å²) in [5.41, 5.74) is 0.912. The molecule has 2 atom stereocenters. The highest BCUT2D eigenvalue weighted by atomic mass is 35.5. The van der Waals surface area contributed by atoms with Crippen LogP contribution >= 0.6 is 11.6 Å². The molecule has 1 saturated heterocycles. The Hall–Kier alpha value is -3.10. The van der Waals surface area contributed by atoms with E-state index in [1.54, 1.807) is 24.3 Å². The molecule has 0 bridgehead atoms. The maximum atomic E-state index is 13.1. The van der Waals surface area contributed by atoms with Crippen LogP contribution in [0.2, 0.25) is 5.02 Å². The summed E-state index contributed by atoms with van der Waals surface area (Å²) in [7, 11) is 4.85. The van der Waals surface area contributed by atoms with Crippen LogP contribution in [0.4, 0.5) is 0 Å². The third-order valence-electron chi connectivity index (χ3n) is 5.94. The molecule has 0 saturated carbocycles. The number of carbonyl (C=O) groups excluding carboxylic acids is 3. The van der Waals surface area contributed by atoms with Crippen molar-refractivity contribution in [3.05, 3.63) is 52.0 Å². The van der Waals surface area contributed by atoms with Gasteiger partial charge in [-0.3, -0.25) is 14.5 Å². The van der Waals surface area contributed by atoms with E-state index in [0.29, 0.717) is 29.3 Å². The van der Waals surface area contributed by atoms with Crippen LogP contribution in [0.15, 0.2) is 30.3 Å². The Balaban J connectivity index is 2.19. The fourth-order valence-corrected chi connectivity index (χ4v) is 4.50. The van der Waals surface area contributed by atoms with Crippen LogP contribution in [-0.2, 0) is 9.53 Å². The molecule has 34 heavy (non-hydrogen) atoms. The van der Waals surface area contributed by atoms with E-state index in [-0.39, 0.29) is 47.0 Å². The minimum atomic E-state index is -0.676. The Labute approximate surface area is 203 Å². The summed E-state index contributed by atoms with van der Waals surface area (Å²) in [6.07, 6.45) is 0.671. The second-order valence-corrected chi connectivity index (χ2v) is 8.54. The average molecular weight is 490 g/mol. The van der Waals surface area contributed by atoms with Crippen molar-refractivity contribution in [2.24, 2.45) is 0 Å². The lowest BCUT2D eigenvalue weighted by Crippen LogP contribution is -2.34. The van der Waals surface area contributed by atoms with Crippen molar-refractivity contribution in [2.75, 3.05) is 34.4 Å². The number of esters is 2. The highest BCUT2D eigenvalue weighted by Gasteiger charge is 2.40. The predicted octanol–water partition coefficient (Wildman–Crippen LogP) is 4.13. The highest BCUT2D eigenvalue weighted by molar-refractivity contribution is 6.30. The molecular weight excluding hydrogens is 462 g/mol. The van der Waals surface area contributed by atoms with Crippen molar-refractivity contribution in [2.45, 2.75) is 32.2 Å². The molecule has 0 N–H and O–H groups in total. The van der Waals surface area contributed by atoms with Gasteiger partial charge in [0.05, 0.1) is 25.8 Å². The lowest BCUT2D eigenvalue weighted by atomic mass is 9.87. The number of hydrogen-bond donors (Lipinski definition) is 0. The van der Waals surface area contributed by atoms with Gasteiger partial charge < -0.3 is 18.9 Å². The first-order valence-electron chi connectivity index (χ1n) is 10.8. The number of halogens is 1. The molecule has 0 radical (unpaired) electrons. The summed E-state index contributed by atoms with van der Waals surface area (Å²) < 4.78 is 22.3. The minimum Gasteiger partial charge on any atom is -0.496 e. The number of hydrogen-bond acceptors (Lipinski definition) is 8. The Morgan fingerprint density at radius 2 is 1.79 bits per heavy atom. The van der Waals surface area contributed by atoms with Gasteiger partial charge in [-0.15, -0.1) is 0 Å². The smallest absolute Gasteiger partial charge is 0.343 e. The van der Waals surface area contributed by atoms with Crippen LogP contribution in [0.25, 0.3) is 0 Å². The van der Waals surface area contributed by atoms with Gasteiger partial charge in [-0.25, -0.2) is 4.79 Å². The van der Waals surface area contributed by atoms with E-state index in [0.717, 1.165) is 0 Å². The number of benzene rings is 2. The summed E-state index contributed by atoms with van der Waals surface area (Å²) in [6.45, 7) is 3.58. The van der Waals surface area contributed by atoms with Gasteiger partial charge in [0, 0.05) is 29.5 Å². The molecule has 1 heterocycles. The maximum Gasteiger partial charge on any atom is 0.343 e. The first-order valence-corrected chi connectivity index (χ1v) is 11.2. The summed E-state index contributed by atoms with van der Waals surface area (Å²) in [6, 6.07) is 7.75. The fourth-order valence-electron chi connectivity index (χ4n) is 4.31. The zero-order chi connectivity index (χ0) is 25.0. The van der Waals surface area contributed by atoms with Crippen LogP contribution < -0.4 is 14.2 Å². The number of nitrogens with zero attached hydrogens (tertiary/aromatic N) is 1. The molecule has 2 aromatic carbocycles. The van der Waals surface area contributed by atoms with Crippen LogP contribution in [0.3, 0.4) is 0 Å². The van der Waals surface area contributed by atoms with Crippen LogP contribution in [0.5, 0.6) is 17.2 Å². The van der Waals surface area contributed by atoms with Gasteiger partial charge in [-0.05, 0) is 45.1 Å². The molecule has 3 rings (SSSR count). The van der Waals surface area contributed by atoms with Gasteiger partial charge in [0.15, 0.2) is 11.5 Å². The summed E-state index contributed by atoms with van der Waals surface area (Å²) in [5.74, 6) is -0.944. The SMILES string of the molecule is COc1cc(OC)c([C@@H]2CCN(C)[C@H]2COC(C)=O)c(OC(=O)c2cccc(Cl)c2)c1C(C)=O. The zero-order valence-corrected chi connectivity index (χ0v) is 20.6. The van der Waals surface area contributed by atoms with Crippen molar-refractivity contribution >= 4 is 29.3 Å². The van der Waals surface area contributed by atoms with Gasteiger partial charge in [0.25, 0.3) is 0 Å². The maximum absolute atomic E-state index is 13.1. The van der Waals surface area contributed by atoms with E-state index in [9.17, 15) is 14.4 Å². The summed E-state index contributed by atoms with van der Waals surface area (Å²) in [4.78, 5) is 39.4. The third kappa shape index (κ3) is 5.34. The Morgan fingerprint density at radius 1 is 1.09 bits per heavy atom. The Morgan fingerprint density at radius 3 is 2.38 bits per heavy atom. The molecule has 1 aliphatic rings. The Kier molecular flexibility index (Phi) is 8.17. The first-order chi connectivity index (χ1) is 16.2. The normalized spacial score (nSPS) is 17.8. The zero-order valence-electron chi connectivity index (χ0n) is 19.8. The second kappa shape index (κ2) is 10.9. The van der Waals surface area contributed by atoms with Gasteiger partial charge in [-0.2, -0.15) is 0 Å². The number of Topliss-reactive ketones (excluding diaryl/α,β-unsaturated/α-hetero) is 1. The summed E-state index contributed by atoms with van der Waals surface area (Å²) in [5, 5.41) is 0.378. The fraction of sp³-hybridized carbons (Fsp3) is 0.400. The van der Waals surface area contributed by atoms with E-state index in [4.69, 9.17) is 30.5 Å². The van der Waals surface area contributed by atoms with E-state index in [1.165, 1.54) is 34.1 Å². The molecule has 1 fully saturated rings. The number of likely N-dealkylation sites (tertiary alicyclic amines) is 1. The molecule has 0 amide bonds. The minimum absolute atomic E-state index is 0.0711. The molecule has 0 unspecified atom stereocenters. The molecule has 1 aliphatic heterocycles. The largest absolute Gasteiger partial charge is 0.496 e. The molecule has 0 aromatic heterocycles. The van der Waals surface area contributed by atoms with Crippen molar-refractivity contribution in [1.29, 1.82) is 0 Å². The molecule has 9 heteroatoms. The predicted molar refractivity (Wildman–Crippen MR) is 126 cm³/mol. The second-order valence-electron chi connectivity index (χ2n) is 8.10. The number of ether oxygens (including phenoxy) is 4. The van der Waals surface area contributed by atoms with E-state index in [2.05, 4.69) is 4.90 Å². The molecule has 0 spiro atoms. The van der Waals surface area contributed by atoms with E-state index in [1.807, 2.05) is 7.05 Å². The van der Waals surface area contributed by atoms with Crippen molar-refractivity contribution in [1.82, 2.24) is 4.90 Å². The number of rotatable bonds is 8. The van der Waals surface area contributed by atoms with Crippen LogP contribution in [0, 0.1) is 0 Å². The third-order valence-corrected chi connectivity index (χ3v) is 6.18. The van der Waals surface area contributed by atoms with Crippen LogP contribution in [-0.4, -0.2) is 63.1 Å². The monoisotopic (exact) mass is 489 g/mol. The van der Waals surface area contributed by atoms with Gasteiger partial charge in [0.1, 0.15) is 23.7 Å². The van der Waals surface area contributed by atoms with Gasteiger partial charge in [0.2, 0.25) is 0 Å². The number of likely N-dealkylation sites (N-methyl/N-ethyl adjacent to an activating group) is 1. The lowest BCUT2D eigenvalue weighted by molar-refractivity contribution is -0.142.